The van der Waals surface area contributed by atoms with Crippen molar-refractivity contribution >= 4 is 0 Å². The molecule has 6 N–H and O–H groups in total. The van der Waals surface area contributed by atoms with Gasteiger partial charge in [0.2, 0.25) is 0 Å². The molecule has 4 rings (SSSR count). The Bertz CT molecular complexity index is 1670. The maximum Gasteiger partial charge on any atom is 0.167 e. The van der Waals surface area contributed by atoms with Crippen LogP contribution in [0.4, 0.5) is 0 Å². The molecule has 3 aromatic carbocycles. The van der Waals surface area contributed by atoms with Crippen molar-refractivity contribution in [1.82, 2.24) is 15.0 Å². The number of aromatic hydroxyl groups is 3. The summed E-state index contributed by atoms with van der Waals surface area (Å²) in [4.78, 5) is 14.4. The van der Waals surface area contributed by atoms with Crippen molar-refractivity contribution in [2.24, 2.45) is 0 Å². The highest BCUT2D eigenvalue weighted by Crippen LogP contribution is 2.38. The van der Waals surface area contributed by atoms with Gasteiger partial charge in [-0.2, -0.15) is 0 Å². The second kappa shape index (κ2) is 33.8. The zero-order chi connectivity index (χ0) is 46.9. The minimum atomic E-state index is -0.0598. The summed E-state index contributed by atoms with van der Waals surface area (Å²) in [5, 5.41) is 60.5. The fraction of sp³-hybridized carbons (Fsp3) is 0.611. The molecule has 366 valence electrons. The molecule has 0 aliphatic heterocycles. The van der Waals surface area contributed by atoms with Crippen LogP contribution in [-0.4, -0.2) is 85.2 Å². The molecule has 0 aliphatic rings. The molecule has 66 heavy (non-hydrogen) atoms. The fourth-order valence-corrected chi connectivity index (χ4v) is 8.01. The number of hydrogen-bond acceptors (Lipinski definition) is 12. The van der Waals surface area contributed by atoms with E-state index in [1.54, 1.807) is 54.6 Å². The van der Waals surface area contributed by atoms with Gasteiger partial charge < -0.3 is 44.8 Å². The van der Waals surface area contributed by atoms with Crippen molar-refractivity contribution < 1.29 is 44.8 Å². The molecular weight excluding hydrogens is 835 g/mol. The third kappa shape index (κ3) is 21.3. The number of phenolic OH excluding ortho intramolecular Hbond substituents is 3. The molecule has 0 radical (unpaired) electrons. The number of ether oxygens (including phenoxy) is 3. The molecule has 1 heterocycles. The van der Waals surface area contributed by atoms with Gasteiger partial charge in [-0.15, -0.1) is 0 Å². The van der Waals surface area contributed by atoms with E-state index in [0.717, 1.165) is 96.3 Å². The van der Waals surface area contributed by atoms with Gasteiger partial charge in [0.1, 0.15) is 34.5 Å². The van der Waals surface area contributed by atoms with E-state index in [9.17, 15) is 15.3 Å². The highest BCUT2D eigenvalue weighted by molar-refractivity contribution is 5.75. The van der Waals surface area contributed by atoms with Gasteiger partial charge in [-0.25, -0.2) is 15.0 Å². The first-order valence-electron chi connectivity index (χ1n) is 25.4. The third-order valence-corrected chi connectivity index (χ3v) is 12.0. The van der Waals surface area contributed by atoms with Crippen molar-refractivity contribution in [3.05, 3.63) is 54.6 Å². The summed E-state index contributed by atoms with van der Waals surface area (Å²) in [6.07, 6.45) is 29.5. The van der Waals surface area contributed by atoms with Crippen LogP contribution in [0.1, 0.15) is 173 Å². The van der Waals surface area contributed by atoms with E-state index in [-0.39, 0.29) is 54.5 Å². The van der Waals surface area contributed by atoms with E-state index in [1.807, 2.05) is 0 Å². The lowest BCUT2D eigenvalue weighted by molar-refractivity contribution is 0.282. The molecule has 0 aliphatic carbocycles. The second-order valence-electron chi connectivity index (χ2n) is 17.6. The average Bonchev–Trinajstić information content (AvgIpc) is 3.33. The van der Waals surface area contributed by atoms with Crippen LogP contribution in [0.2, 0.25) is 0 Å². The van der Waals surface area contributed by atoms with Gasteiger partial charge >= 0.3 is 0 Å². The van der Waals surface area contributed by atoms with Crippen LogP contribution in [0.25, 0.3) is 34.2 Å². The number of rotatable bonds is 39. The van der Waals surface area contributed by atoms with Gasteiger partial charge in [0.25, 0.3) is 0 Å². The van der Waals surface area contributed by atoms with Gasteiger partial charge in [0, 0.05) is 19.8 Å². The minimum Gasteiger partial charge on any atom is -0.507 e. The molecule has 12 heteroatoms. The van der Waals surface area contributed by atoms with Crippen LogP contribution in [0.3, 0.4) is 0 Å². The van der Waals surface area contributed by atoms with E-state index in [0.29, 0.717) is 53.8 Å². The molecule has 0 saturated carbocycles. The molecule has 12 nitrogen and oxygen atoms in total. The number of aromatic nitrogens is 3. The Morgan fingerprint density at radius 3 is 0.727 bits per heavy atom. The molecule has 0 fully saturated rings. The van der Waals surface area contributed by atoms with Crippen LogP contribution in [0.5, 0.6) is 34.5 Å². The quantitative estimate of drug-likeness (QED) is 0.0233. The SMILES string of the molecule is OCCCCCCCCCCCOc1ccc(O)c(-c2nc(-c3cc(OCCCCCCCCCCCO)ccc3O)nc(-c3cc(OCCCCCCCCCCCO)ccc3O)n2)c1. The molecule has 0 unspecified atom stereocenters. The lowest BCUT2D eigenvalue weighted by atomic mass is 10.1. The summed E-state index contributed by atoms with van der Waals surface area (Å²) in [5.74, 6) is 1.90. The molecular formula is C54H81N3O9. The van der Waals surface area contributed by atoms with Crippen molar-refractivity contribution in [2.45, 2.75) is 173 Å². The van der Waals surface area contributed by atoms with Crippen molar-refractivity contribution in [2.75, 3.05) is 39.6 Å². The number of aliphatic hydroxyl groups is 3. The zero-order valence-corrected chi connectivity index (χ0v) is 39.8. The van der Waals surface area contributed by atoms with Crippen LogP contribution in [-0.2, 0) is 0 Å². The first-order chi connectivity index (χ1) is 32.4. The predicted octanol–water partition coefficient (Wildman–Crippen LogP) is 12.6. The molecule has 0 spiro atoms. The maximum absolute atomic E-state index is 11.2. The summed E-state index contributed by atoms with van der Waals surface area (Å²) in [6, 6.07) is 14.9. The lowest BCUT2D eigenvalue weighted by Crippen LogP contribution is -2.03. The van der Waals surface area contributed by atoms with Gasteiger partial charge in [0.15, 0.2) is 17.5 Å². The molecule has 0 bridgehead atoms. The number of hydrogen-bond donors (Lipinski definition) is 6. The number of aliphatic hydroxyl groups excluding tert-OH is 3. The summed E-state index contributed by atoms with van der Waals surface area (Å²) in [6.45, 7) is 2.39. The van der Waals surface area contributed by atoms with Crippen LogP contribution in [0, 0.1) is 0 Å². The lowest BCUT2D eigenvalue weighted by Gasteiger charge is -2.14. The Kier molecular flexibility index (Phi) is 27.6. The van der Waals surface area contributed by atoms with Crippen LogP contribution < -0.4 is 14.2 Å². The van der Waals surface area contributed by atoms with Gasteiger partial charge in [-0.05, 0) is 93.1 Å². The van der Waals surface area contributed by atoms with E-state index in [1.165, 1.54) is 77.0 Å². The highest BCUT2D eigenvalue weighted by atomic mass is 16.5. The number of benzene rings is 3. The van der Waals surface area contributed by atoms with Gasteiger partial charge in [-0.3, -0.25) is 0 Å². The summed E-state index contributed by atoms with van der Waals surface area (Å²) in [5.41, 5.74) is 0.938. The number of nitrogens with zero attached hydrogens (tertiary/aromatic N) is 3. The van der Waals surface area contributed by atoms with Gasteiger partial charge in [0.05, 0.1) is 36.5 Å². The average molecular weight is 916 g/mol. The van der Waals surface area contributed by atoms with E-state index < -0.39 is 0 Å². The van der Waals surface area contributed by atoms with Crippen LogP contribution in [0.15, 0.2) is 54.6 Å². The van der Waals surface area contributed by atoms with Crippen LogP contribution >= 0.6 is 0 Å². The summed E-state index contributed by atoms with van der Waals surface area (Å²) in [7, 11) is 0. The van der Waals surface area contributed by atoms with Crippen molar-refractivity contribution in [1.29, 1.82) is 0 Å². The normalized spacial score (nSPS) is 11.3. The molecule has 4 aromatic rings. The first kappa shape index (κ1) is 54.0. The smallest absolute Gasteiger partial charge is 0.167 e. The van der Waals surface area contributed by atoms with E-state index in [2.05, 4.69) is 0 Å². The standard InChI is InChI=1S/C54H81N3O9/c58-34-22-16-10-4-1-7-13-19-25-37-64-43-28-31-49(61)46(40-43)52-55-53(47-41-44(29-32-50(47)62)65-38-26-20-14-8-2-5-11-17-23-35-59)57-54(56-52)48-42-45(30-33-51(48)63)66-39-27-21-15-9-3-6-12-18-24-36-60/h28-33,40-42,58-63H,1-27,34-39H2. The third-order valence-electron chi connectivity index (χ3n) is 12.0. The highest BCUT2D eigenvalue weighted by Gasteiger charge is 2.20. The molecule has 0 atom stereocenters. The predicted molar refractivity (Wildman–Crippen MR) is 264 cm³/mol. The van der Waals surface area contributed by atoms with Crippen molar-refractivity contribution in [3.63, 3.8) is 0 Å². The fourth-order valence-electron chi connectivity index (χ4n) is 8.01. The Morgan fingerprint density at radius 1 is 0.288 bits per heavy atom. The van der Waals surface area contributed by atoms with Crippen molar-refractivity contribution in [3.8, 4) is 68.7 Å². The monoisotopic (exact) mass is 916 g/mol. The number of unbranched alkanes of at least 4 members (excludes halogenated alkanes) is 24. The Labute approximate surface area is 394 Å². The summed E-state index contributed by atoms with van der Waals surface area (Å²) < 4.78 is 18.4. The Balaban J connectivity index is 1.47. The topological polar surface area (TPSA) is 188 Å². The zero-order valence-electron chi connectivity index (χ0n) is 39.8. The second-order valence-corrected chi connectivity index (χ2v) is 17.6. The maximum atomic E-state index is 11.2. The van der Waals surface area contributed by atoms with E-state index >= 15 is 0 Å². The Hall–Kier alpha value is -4.65. The van der Waals surface area contributed by atoms with Gasteiger partial charge in [-0.1, -0.05) is 135 Å². The summed E-state index contributed by atoms with van der Waals surface area (Å²) >= 11 is 0. The van der Waals surface area contributed by atoms with E-state index in [4.69, 9.17) is 44.5 Å². The molecule has 0 saturated heterocycles. The minimum absolute atomic E-state index is 0.0598. The largest absolute Gasteiger partial charge is 0.507 e. The first-order valence-corrected chi connectivity index (χ1v) is 25.4. The Morgan fingerprint density at radius 2 is 0.500 bits per heavy atom. The molecule has 0 amide bonds. The molecule has 1 aromatic heterocycles. The number of phenols is 3.